The molecule has 1 atom stereocenters. The number of hydrogen-bond acceptors (Lipinski definition) is 5. The Morgan fingerprint density at radius 1 is 1.30 bits per heavy atom. The molecular weight excluding hydrogens is 325 g/mol. The summed E-state index contributed by atoms with van der Waals surface area (Å²) < 4.78 is 66.9. The predicted octanol–water partition coefficient (Wildman–Crippen LogP) is 2.42. The number of methoxy groups -OCH3 is 1. The fourth-order valence-corrected chi connectivity index (χ4v) is 1.97. The van der Waals surface area contributed by atoms with E-state index < -0.39 is 27.7 Å². The highest BCUT2D eigenvalue weighted by atomic mass is 35.5. The average molecular weight is 333 g/mol. The Hall–Kier alpha value is -1.32. The average Bonchev–Trinajstić information content (AvgIpc) is 2.34. The second kappa shape index (κ2) is 5.98. The molecule has 0 fully saturated rings. The molecule has 10 heteroatoms. The minimum atomic E-state index is -5.98. The molecule has 5 nitrogen and oxygen atoms in total. The summed E-state index contributed by atoms with van der Waals surface area (Å²) in [6.45, 7) is 0. The third-order valence-corrected chi connectivity index (χ3v) is 3.47. The first-order valence-corrected chi connectivity index (χ1v) is 6.70. The van der Waals surface area contributed by atoms with E-state index in [0.717, 1.165) is 13.2 Å². The Morgan fingerprint density at radius 3 is 2.30 bits per heavy atom. The summed E-state index contributed by atoms with van der Waals surface area (Å²) in [5.74, 6) is -1.33. The van der Waals surface area contributed by atoms with Gasteiger partial charge < -0.3 is 4.74 Å². The van der Waals surface area contributed by atoms with Gasteiger partial charge in [-0.15, -0.1) is 0 Å². The van der Waals surface area contributed by atoms with E-state index in [0.29, 0.717) is 0 Å². The number of benzene rings is 1. The zero-order chi connectivity index (χ0) is 15.6. The van der Waals surface area contributed by atoms with Crippen LogP contribution in [0.3, 0.4) is 0 Å². The molecular formula is C10H8ClF3O5S. The monoisotopic (exact) mass is 332 g/mol. The molecule has 0 aliphatic carbocycles. The highest BCUT2D eigenvalue weighted by Gasteiger charge is 2.50. The number of carbonyl (C=O) groups is 1. The molecule has 0 N–H and O–H groups in total. The van der Waals surface area contributed by atoms with Gasteiger partial charge in [-0.25, -0.2) is 8.98 Å². The van der Waals surface area contributed by atoms with Gasteiger partial charge >= 0.3 is 21.6 Å². The van der Waals surface area contributed by atoms with Gasteiger partial charge in [-0.2, -0.15) is 21.6 Å². The molecule has 1 rings (SSSR count). The first-order chi connectivity index (χ1) is 9.10. The summed E-state index contributed by atoms with van der Waals surface area (Å²) in [6, 6.07) is 5.20. The minimum absolute atomic E-state index is 0.139. The Labute approximate surface area is 117 Å². The number of rotatable bonds is 4. The Morgan fingerprint density at radius 2 is 1.85 bits per heavy atom. The lowest BCUT2D eigenvalue weighted by atomic mass is 10.1. The molecule has 0 bridgehead atoms. The quantitative estimate of drug-likeness (QED) is 0.481. The number of ether oxygens (including phenoxy) is 1. The van der Waals surface area contributed by atoms with Crippen LogP contribution >= 0.6 is 11.6 Å². The SMILES string of the molecule is COC(=O)C(OS(=O)(=O)C(F)(F)F)c1ccccc1Cl. The van der Waals surface area contributed by atoms with Crippen LogP contribution in [-0.2, 0) is 23.8 Å². The maximum absolute atomic E-state index is 12.3. The first-order valence-electron chi connectivity index (χ1n) is 4.92. The summed E-state index contributed by atoms with van der Waals surface area (Å²) in [5.41, 5.74) is -5.92. The number of halogens is 4. The van der Waals surface area contributed by atoms with E-state index in [2.05, 4.69) is 8.92 Å². The Bertz CT molecular complexity index is 599. The Balaban J connectivity index is 3.24. The van der Waals surface area contributed by atoms with E-state index in [1.807, 2.05) is 0 Å². The van der Waals surface area contributed by atoms with Crippen molar-refractivity contribution in [1.82, 2.24) is 0 Å². The fourth-order valence-electron chi connectivity index (χ4n) is 1.19. The lowest BCUT2D eigenvalue weighted by Gasteiger charge is -2.17. The van der Waals surface area contributed by atoms with Crippen molar-refractivity contribution < 1.29 is 35.3 Å². The number of alkyl halides is 3. The smallest absolute Gasteiger partial charge is 0.467 e. The molecule has 0 amide bonds. The molecule has 0 radical (unpaired) electrons. The van der Waals surface area contributed by atoms with Crippen molar-refractivity contribution in [2.75, 3.05) is 7.11 Å². The van der Waals surface area contributed by atoms with E-state index >= 15 is 0 Å². The normalized spacial score (nSPS) is 13.8. The molecule has 1 unspecified atom stereocenters. The summed E-state index contributed by atoms with van der Waals surface area (Å²) in [7, 11) is -5.11. The van der Waals surface area contributed by atoms with Crippen LogP contribution < -0.4 is 0 Å². The molecule has 112 valence electrons. The van der Waals surface area contributed by atoms with E-state index in [1.165, 1.54) is 18.2 Å². The second-order valence-electron chi connectivity index (χ2n) is 3.42. The topological polar surface area (TPSA) is 69.7 Å². The third kappa shape index (κ3) is 3.62. The summed E-state index contributed by atoms with van der Waals surface area (Å²) in [4.78, 5) is 11.4. The lowest BCUT2D eigenvalue weighted by Crippen LogP contribution is -2.30. The molecule has 1 aromatic carbocycles. The molecule has 20 heavy (non-hydrogen) atoms. The van der Waals surface area contributed by atoms with Gasteiger partial charge in [0.2, 0.25) is 6.10 Å². The molecule has 0 aliphatic heterocycles. The van der Waals surface area contributed by atoms with Crippen molar-refractivity contribution in [3.8, 4) is 0 Å². The van der Waals surface area contributed by atoms with Crippen LogP contribution in [-0.4, -0.2) is 27.0 Å². The predicted molar refractivity (Wildman–Crippen MR) is 62.3 cm³/mol. The van der Waals surface area contributed by atoms with Gasteiger partial charge in [-0.05, 0) is 6.07 Å². The molecule has 0 spiro atoms. The molecule has 0 saturated heterocycles. The van der Waals surface area contributed by atoms with Crippen molar-refractivity contribution in [2.24, 2.45) is 0 Å². The summed E-state index contributed by atoms with van der Waals surface area (Å²) in [5, 5.41) is -0.139. The van der Waals surface area contributed by atoms with Crippen LogP contribution in [0.2, 0.25) is 5.02 Å². The number of carbonyl (C=O) groups excluding carboxylic acids is 1. The zero-order valence-corrected chi connectivity index (χ0v) is 11.4. The maximum atomic E-state index is 12.3. The van der Waals surface area contributed by atoms with Crippen LogP contribution in [0.4, 0.5) is 13.2 Å². The highest BCUT2D eigenvalue weighted by molar-refractivity contribution is 7.87. The molecule has 0 heterocycles. The number of hydrogen-bond donors (Lipinski definition) is 0. The van der Waals surface area contributed by atoms with E-state index in [9.17, 15) is 26.4 Å². The van der Waals surface area contributed by atoms with Crippen molar-refractivity contribution >= 4 is 27.7 Å². The third-order valence-electron chi connectivity index (χ3n) is 2.11. The van der Waals surface area contributed by atoms with Crippen molar-refractivity contribution in [3.05, 3.63) is 34.9 Å². The maximum Gasteiger partial charge on any atom is 0.523 e. The lowest BCUT2D eigenvalue weighted by molar-refractivity contribution is -0.149. The molecule has 0 aliphatic rings. The van der Waals surface area contributed by atoms with Crippen LogP contribution in [0.5, 0.6) is 0 Å². The van der Waals surface area contributed by atoms with Crippen LogP contribution in [0, 0.1) is 0 Å². The second-order valence-corrected chi connectivity index (χ2v) is 5.39. The minimum Gasteiger partial charge on any atom is -0.467 e. The largest absolute Gasteiger partial charge is 0.523 e. The van der Waals surface area contributed by atoms with Gasteiger partial charge in [0.05, 0.1) is 7.11 Å². The molecule has 0 saturated carbocycles. The summed E-state index contributed by atoms with van der Waals surface area (Å²) in [6.07, 6.45) is -2.14. The molecule has 1 aromatic rings. The van der Waals surface area contributed by atoms with E-state index in [-0.39, 0.29) is 10.6 Å². The highest BCUT2D eigenvalue weighted by Crippen LogP contribution is 2.33. The first kappa shape index (κ1) is 16.7. The molecule has 0 aromatic heterocycles. The number of esters is 1. The van der Waals surface area contributed by atoms with Crippen molar-refractivity contribution in [1.29, 1.82) is 0 Å². The van der Waals surface area contributed by atoms with Gasteiger partial charge in [0, 0.05) is 10.6 Å². The van der Waals surface area contributed by atoms with Gasteiger partial charge in [-0.1, -0.05) is 29.8 Å². The van der Waals surface area contributed by atoms with Gasteiger partial charge in [0.1, 0.15) is 0 Å². The van der Waals surface area contributed by atoms with Gasteiger partial charge in [0.25, 0.3) is 0 Å². The van der Waals surface area contributed by atoms with Crippen molar-refractivity contribution in [2.45, 2.75) is 11.6 Å². The van der Waals surface area contributed by atoms with Crippen LogP contribution in [0.1, 0.15) is 11.7 Å². The van der Waals surface area contributed by atoms with Crippen LogP contribution in [0.15, 0.2) is 24.3 Å². The Kier molecular flexibility index (Phi) is 5.00. The van der Waals surface area contributed by atoms with Gasteiger partial charge in [-0.3, -0.25) is 0 Å². The fraction of sp³-hybridized carbons (Fsp3) is 0.300. The van der Waals surface area contributed by atoms with Gasteiger partial charge in [0.15, 0.2) is 0 Å². The van der Waals surface area contributed by atoms with Crippen LogP contribution in [0.25, 0.3) is 0 Å². The van der Waals surface area contributed by atoms with E-state index in [1.54, 1.807) is 0 Å². The standard InChI is InChI=1S/C10H8ClF3O5S/c1-18-9(15)8(6-4-2-3-5-7(6)11)19-20(16,17)10(12,13)14/h2-5,8H,1H3. The van der Waals surface area contributed by atoms with E-state index in [4.69, 9.17) is 11.6 Å². The zero-order valence-electron chi connectivity index (χ0n) is 9.85. The van der Waals surface area contributed by atoms with Crippen molar-refractivity contribution in [3.63, 3.8) is 0 Å². The summed E-state index contributed by atoms with van der Waals surface area (Å²) >= 11 is 5.70.